The highest BCUT2D eigenvalue weighted by Crippen LogP contribution is 2.34. The number of carbonyl (C=O) groups excluding carboxylic acids is 1. The maximum absolute atomic E-state index is 13.8. The van der Waals surface area contributed by atoms with Crippen molar-refractivity contribution in [3.05, 3.63) is 119 Å². The Hall–Kier alpha value is -4.97. The van der Waals surface area contributed by atoms with Crippen LogP contribution < -0.4 is 5.32 Å². The van der Waals surface area contributed by atoms with E-state index in [4.69, 9.17) is 0 Å². The van der Waals surface area contributed by atoms with Gasteiger partial charge in [0.05, 0.1) is 23.9 Å². The molecule has 0 fully saturated rings. The fourth-order valence-corrected chi connectivity index (χ4v) is 4.00. The molecular weight excluding hydrogens is 491 g/mol. The molecule has 0 saturated heterocycles. The fourth-order valence-electron chi connectivity index (χ4n) is 4.00. The number of carbonyl (C=O) groups is 1. The van der Waals surface area contributed by atoms with Crippen molar-refractivity contribution in [2.45, 2.75) is 19.6 Å². The van der Waals surface area contributed by atoms with Crippen molar-refractivity contribution in [2.24, 2.45) is 0 Å². The molecule has 3 aromatic carbocycles. The first-order valence-electron chi connectivity index (χ1n) is 11.6. The third-order valence-electron chi connectivity index (χ3n) is 5.98. The van der Waals surface area contributed by atoms with Crippen LogP contribution in [-0.2, 0) is 12.7 Å². The molecule has 188 valence electrons. The van der Waals surface area contributed by atoms with Crippen LogP contribution in [0.4, 0.5) is 18.9 Å². The van der Waals surface area contributed by atoms with Crippen LogP contribution in [-0.4, -0.2) is 25.9 Å². The summed E-state index contributed by atoms with van der Waals surface area (Å²) in [4.78, 5) is 17.2. The molecule has 0 atom stereocenters. The smallest absolute Gasteiger partial charge is 0.322 e. The lowest BCUT2D eigenvalue weighted by Crippen LogP contribution is -2.16. The molecule has 0 aliphatic heterocycles. The van der Waals surface area contributed by atoms with Crippen molar-refractivity contribution in [1.82, 2.24) is 20.0 Å². The minimum Gasteiger partial charge on any atom is -0.322 e. The van der Waals surface area contributed by atoms with E-state index < -0.39 is 17.6 Å². The number of fused-ring (bicyclic) bond motifs is 1. The highest BCUT2D eigenvalue weighted by molar-refractivity contribution is 6.04. The summed E-state index contributed by atoms with van der Waals surface area (Å²) < 4.78 is 42.6. The fraction of sp³-hybridized carbons (Fsp3) is 0.103. The monoisotopic (exact) mass is 511 g/mol. The largest absolute Gasteiger partial charge is 0.416 e. The number of hydrogen-bond donors (Lipinski definition) is 1. The van der Waals surface area contributed by atoms with E-state index in [1.54, 1.807) is 30.6 Å². The SMILES string of the molecule is Cc1ccc(C(=O)Nc2ccc(Cn3ccnn3)c(C(F)(F)F)c2)cc1C#Cc1cncc2ccccc12. The number of alkyl halides is 3. The standard InChI is InChI=1S/C29H20F3N5O/c1-19-6-7-21(14-20(19)8-9-23-17-33-16-22-4-2-3-5-26(22)23)28(38)35-25-11-10-24(18-37-13-12-34-36-37)27(15-25)29(30,31)32/h2-7,10-17H,18H2,1H3,(H,35,38). The molecule has 0 radical (unpaired) electrons. The number of rotatable bonds is 4. The van der Waals surface area contributed by atoms with E-state index in [-0.39, 0.29) is 23.4 Å². The van der Waals surface area contributed by atoms with E-state index in [1.807, 2.05) is 31.2 Å². The van der Waals surface area contributed by atoms with Crippen LogP contribution >= 0.6 is 0 Å². The number of aromatic nitrogens is 4. The predicted octanol–water partition coefficient (Wildman–Crippen LogP) is 5.85. The van der Waals surface area contributed by atoms with Gasteiger partial charge in [0, 0.05) is 46.2 Å². The normalized spacial score (nSPS) is 11.2. The van der Waals surface area contributed by atoms with E-state index in [9.17, 15) is 18.0 Å². The molecule has 1 amide bonds. The average Bonchev–Trinajstić information content (AvgIpc) is 3.41. The summed E-state index contributed by atoms with van der Waals surface area (Å²) in [6.45, 7) is 1.77. The number of aryl methyl sites for hydroxylation is 1. The zero-order valence-electron chi connectivity index (χ0n) is 20.1. The molecule has 0 unspecified atom stereocenters. The second-order valence-electron chi connectivity index (χ2n) is 8.61. The average molecular weight is 512 g/mol. The Kier molecular flexibility index (Phi) is 6.62. The molecule has 0 saturated carbocycles. The van der Waals surface area contributed by atoms with Gasteiger partial charge in [-0.3, -0.25) is 9.78 Å². The van der Waals surface area contributed by atoms with Crippen molar-refractivity contribution in [2.75, 3.05) is 5.32 Å². The lowest BCUT2D eigenvalue weighted by Gasteiger charge is -2.15. The van der Waals surface area contributed by atoms with Crippen LogP contribution in [0.15, 0.2) is 85.5 Å². The number of hydrogen-bond acceptors (Lipinski definition) is 4. The minimum atomic E-state index is -4.61. The van der Waals surface area contributed by atoms with E-state index in [0.717, 1.165) is 28.0 Å². The molecular formula is C29H20F3N5O. The quantitative estimate of drug-likeness (QED) is 0.307. The second-order valence-corrected chi connectivity index (χ2v) is 8.61. The van der Waals surface area contributed by atoms with Gasteiger partial charge in [-0.15, -0.1) is 5.10 Å². The summed E-state index contributed by atoms with van der Waals surface area (Å²) in [5, 5.41) is 11.8. The summed E-state index contributed by atoms with van der Waals surface area (Å²) >= 11 is 0. The van der Waals surface area contributed by atoms with Crippen LogP contribution in [0.3, 0.4) is 0 Å². The van der Waals surface area contributed by atoms with Gasteiger partial charge in [0.2, 0.25) is 0 Å². The molecule has 38 heavy (non-hydrogen) atoms. The van der Waals surface area contributed by atoms with Crippen molar-refractivity contribution in [3.8, 4) is 11.8 Å². The number of halogens is 3. The Bertz CT molecular complexity index is 1690. The number of nitrogens with zero attached hydrogens (tertiary/aromatic N) is 4. The van der Waals surface area contributed by atoms with Crippen molar-refractivity contribution in [3.63, 3.8) is 0 Å². The van der Waals surface area contributed by atoms with Crippen LogP contribution in [0, 0.1) is 18.8 Å². The molecule has 6 nitrogen and oxygen atoms in total. The molecule has 5 rings (SSSR count). The molecule has 5 aromatic rings. The van der Waals surface area contributed by atoms with Gasteiger partial charge in [-0.2, -0.15) is 13.2 Å². The van der Waals surface area contributed by atoms with Crippen LogP contribution in [0.2, 0.25) is 0 Å². The van der Waals surface area contributed by atoms with Gasteiger partial charge in [0.25, 0.3) is 5.91 Å². The summed E-state index contributed by atoms with van der Waals surface area (Å²) in [6.07, 6.45) is 1.71. The lowest BCUT2D eigenvalue weighted by atomic mass is 10.0. The lowest BCUT2D eigenvalue weighted by molar-refractivity contribution is -0.138. The minimum absolute atomic E-state index is 0.0109. The number of amides is 1. The zero-order chi connectivity index (χ0) is 26.7. The molecule has 9 heteroatoms. The Labute approximate surface area is 216 Å². The van der Waals surface area contributed by atoms with Crippen LogP contribution in [0.25, 0.3) is 10.8 Å². The molecule has 2 heterocycles. The van der Waals surface area contributed by atoms with Gasteiger partial charge in [-0.25, -0.2) is 4.68 Å². The number of benzene rings is 3. The van der Waals surface area contributed by atoms with Crippen LogP contribution in [0.1, 0.15) is 38.2 Å². The first kappa shape index (κ1) is 24.7. The summed E-state index contributed by atoms with van der Waals surface area (Å²) in [6, 6.07) is 16.4. The Morgan fingerprint density at radius 3 is 2.61 bits per heavy atom. The van der Waals surface area contributed by atoms with E-state index >= 15 is 0 Å². The molecule has 1 N–H and O–H groups in total. The summed E-state index contributed by atoms with van der Waals surface area (Å²) in [5.74, 6) is 5.69. The third kappa shape index (κ3) is 5.39. The van der Waals surface area contributed by atoms with Gasteiger partial charge >= 0.3 is 6.18 Å². The number of nitrogens with one attached hydrogen (secondary N) is 1. The Morgan fingerprint density at radius 1 is 1.00 bits per heavy atom. The van der Waals surface area contributed by atoms with Crippen molar-refractivity contribution < 1.29 is 18.0 Å². The third-order valence-corrected chi connectivity index (χ3v) is 5.98. The number of anilines is 1. The molecule has 0 bridgehead atoms. The predicted molar refractivity (Wildman–Crippen MR) is 137 cm³/mol. The van der Waals surface area contributed by atoms with Crippen molar-refractivity contribution >= 4 is 22.4 Å². The van der Waals surface area contributed by atoms with E-state index in [1.165, 1.54) is 29.2 Å². The van der Waals surface area contributed by atoms with Gasteiger partial charge in [0.15, 0.2) is 0 Å². The highest BCUT2D eigenvalue weighted by Gasteiger charge is 2.34. The summed E-state index contributed by atoms with van der Waals surface area (Å²) in [7, 11) is 0. The second kappa shape index (κ2) is 10.2. The van der Waals surface area contributed by atoms with E-state index in [0.29, 0.717) is 5.56 Å². The molecule has 2 aromatic heterocycles. The van der Waals surface area contributed by atoms with Gasteiger partial charge in [0.1, 0.15) is 0 Å². The van der Waals surface area contributed by atoms with Gasteiger partial charge < -0.3 is 5.32 Å². The highest BCUT2D eigenvalue weighted by atomic mass is 19.4. The van der Waals surface area contributed by atoms with Crippen LogP contribution in [0.5, 0.6) is 0 Å². The van der Waals surface area contributed by atoms with Gasteiger partial charge in [-0.1, -0.05) is 53.5 Å². The van der Waals surface area contributed by atoms with Crippen molar-refractivity contribution in [1.29, 1.82) is 0 Å². The summed E-state index contributed by atoms with van der Waals surface area (Å²) in [5.41, 5.74) is 1.70. The topological polar surface area (TPSA) is 72.7 Å². The zero-order valence-corrected chi connectivity index (χ0v) is 20.1. The Balaban J connectivity index is 1.40. The molecule has 0 aliphatic rings. The van der Waals surface area contributed by atoms with Gasteiger partial charge in [-0.05, 0) is 42.3 Å². The maximum Gasteiger partial charge on any atom is 0.416 e. The molecule has 0 spiro atoms. The first-order chi connectivity index (χ1) is 18.3. The molecule has 0 aliphatic carbocycles. The first-order valence-corrected chi connectivity index (χ1v) is 11.6. The Morgan fingerprint density at radius 2 is 1.82 bits per heavy atom. The maximum atomic E-state index is 13.8. The number of pyridine rings is 1. The van der Waals surface area contributed by atoms with E-state index in [2.05, 4.69) is 32.5 Å².